The summed E-state index contributed by atoms with van der Waals surface area (Å²) in [7, 11) is 0. The van der Waals surface area contributed by atoms with E-state index in [0.29, 0.717) is 6.54 Å². The van der Waals surface area contributed by atoms with E-state index < -0.39 is 17.5 Å². The van der Waals surface area contributed by atoms with Crippen LogP contribution in [0.15, 0.2) is 18.2 Å². The minimum Gasteiger partial charge on any atom is -0.329 e. The Labute approximate surface area is 98.3 Å². The van der Waals surface area contributed by atoms with E-state index in [2.05, 4.69) is 0 Å². The van der Waals surface area contributed by atoms with Crippen LogP contribution in [0, 0.1) is 23.0 Å². The van der Waals surface area contributed by atoms with E-state index >= 15 is 0 Å². The number of hydrogen-bond donors (Lipinski definition) is 0. The molecule has 90 valence electrons. The van der Waals surface area contributed by atoms with Crippen molar-refractivity contribution in [2.24, 2.45) is 0 Å². The fraction of sp³-hybridized carbons (Fsp3) is 0.333. The number of carbonyl (C=O) groups excluding carboxylic acids is 1. The van der Waals surface area contributed by atoms with Crippen molar-refractivity contribution >= 4 is 5.91 Å². The van der Waals surface area contributed by atoms with Crippen LogP contribution in [-0.2, 0) is 11.2 Å². The number of likely N-dealkylation sites (N-methyl/N-ethyl adjacent to an activating group) is 1. The quantitative estimate of drug-likeness (QED) is 0.752. The van der Waals surface area contributed by atoms with Gasteiger partial charge in [-0.05, 0) is 13.0 Å². The van der Waals surface area contributed by atoms with E-state index in [9.17, 15) is 13.6 Å². The van der Waals surface area contributed by atoms with Crippen molar-refractivity contribution in [1.82, 2.24) is 4.90 Å². The predicted octanol–water partition coefficient (Wildman–Crippen LogP) is 1.88. The summed E-state index contributed by atoms with van der Waals surface area (Å²) in [4.78, 5) is 13.0. The van der Waals surface area contributed by atoms with Gasteiger partial charge in [0, 0.05) is 12.1 Å². The minimum atomic E-state index is -1.01. The molecule has 0 saturated heterocycles. The Morgan fingerprint density at radius 3 is 2.76 bits per heavy atom. The van der Waals surface area contributed by atoms with Gasteiger partial charge in [-0.3, -0.25) is 4.79 Å². The van der Waals surface area contributed by atoms with Gasteiger partial charge in [-0.15, -0.1) is 0 Å². The average Bonchev–Trinajstić information content (AvgIpc) is 2.31. The molecule has 1 amide bonds. The summed E-state index contributed by atoms with van der Waals surface area (Å²) < 4.78 is 26.2. The van der Waals surface area contributed by atoms with Crippen molar-refractivity contribution in [1.29, 1.82) is 5.26 Å². The van der Waals surface area contributed by atoms with E-state index in [4.69, 9.17) is 5.26 Å². The van der Waals surface area contributed by atoms with Crippen LogP contribution >= 0.6 is 0 Å². The van der Waals surface area contributed by atoms with E-state index in [1.54, 1.807) is 6.92 Å². The Hall–Kier alpha value is -1.96. The molecule has 0 bridgehead atoms. The molecular formula is C12H12F2N2O. The molecule has 0 aromatic heterocycles. The molecule has 17 heavy (non-hydrogen) atoms. The first-order valence-electron chi connectivity index (χ1n) is 5.17. The lowest BCUT2D eigenvalue weighted by atomic mass is 10.1. The lowest BCUT2D eigenvalue weighted by Crippen LogP contribution is -2.32. The summed E-state index contributed by atoms with van der Waals surface area (Å²) in [5.41, 5.74) is 0.00592. The van der Waals surface area contributed by atoms with Crippen LogP contribution in [0.4, 0.5) is 8.78 Å². The first kappa shape index (κ1) is 13.1. The van der Waals surface area contributed by atoms with Crippen LogP contribution in [0.2, 0.25) is 0 Å². The van der Waals surface area contributed by atoms with Gasteiger partial charge in [-0.1, -0.05) is 12.1 Å². The Morgan fingerprint density at radius 1 is 1.47 bits per heavy atom. The monoisotopic (exact) mass is 238 g/mol. The van der Waals surface area contributed by atoms with Crippen molar-refractivity contribution < 1.29 is 13.6 Å². The number of amides is 1. The largest absolute Gasteiger partial charge is 0.329 e. The molecule has 0 fully saturated rings. The highest BCUT2D eigenvalue weighted by molar-refractivity contribution is 5.79. The second kappa shape index (κ2) is 5.94. The highest BCUT2D eigenvalue weighted by Crippen LogP contribution is 2.12. The summed E-state index contributed by atoms with van der Waals surface area (Å²) in [6, 6.07) is 5.55. The Kier molecular flexibility index (Phi) is 4.58. The number of halogens is 2. The molecule has 1 aromatic rings. The molecule has 0 saturated carbocycles. The molecule has 0 radical (unpaired) electrons. The molecule has 0 aliphatic rings. The van der Waals surface area contributed by atoms with Crippen LogP contribution < -0.4 is 0 Å². The fourth-order valence-corrected chi connectivity index (χ4v) is 1.42. The van der Waals surface area contributed by atoms with Crippen molar-refractivity contribution in [2.45, 2.75) is 13.3 Å². The molecule has 0 unspecified atom stereocenters. The van der Waals surface area contributed by atoms with Gasteiger partial charge in [-0.2, -0.15) is 5.26 Å². The molecule has 1 aromatic carbocycles. The van der Waals surface area contributed by atoms with Gasteiger partial charge in [0.25, 0.3) is 0 Å². The maximum absolute atomic E-state index is 13.3. The van der Waals surface area contributed by atoms with Crippen molar-refractivity contribution in [3.8, 4) is 6.07 Å². The molecule has 0 atom stereocenters. The number of rotatable bonds is 4. The minimum absolute atomic E-state index is 0.00592. The van der Waals surface area contributed by atoms with E-state index in [0.717, 1.165) is 6.07 Å². The standard InChI is InChI=1S/C12H12F2N2O/c1-2-16(7-6-15)11(17)8-9-4-3-5-10(13)12(9)14/h3-5H,2,7-8H2,1H3. The highest BCUT2D eigenvalue weighted by atomic mass is 19.2. The predicted molar refractivity (Wildman–Crippen MR) is 57.9 cm³/mol. The molecule has 0 spiro atoms. The summed E-state index contributed by atoms with van der Waals surface area (Å²) in [5, 5.41) is 8.50. The third-order valence-corrected chi connectivity index (χ3v) is 2.37. The number of nitriles is 1. The van der Waals surface area contributed by atoms with Crippen LogP contribution in [0.5, 0.6) is 0 Å². The van der Waals surface area contributed by atoms with Crippen LogP contribution in [-0.4, -0.2) is 23.9 Å². The molecule has 0 aliphatic carbocycles. The van der Waals surface area contributed by atoms with Gasteiger partial charge >= 0.3 is 0 Å². The summed E-state index contributed by atoms with van der Waals surface area (Å²) in [6.45, 7) is 2.03. The SMILES string of the molecule is CCN(CC#N)C(=O)Cc1cccc(F)c1F. The molecule has 0 N–H and O–H groups in total. The molecule has 5 heteroatoms. The van der Waals surface area contributed by atoms with E-state index in [1.165, 1.54) is 17.0 Å². The molecule has 1 rings (SSSR count). The second-order valence-corrected chi connectivity index (χ2v) is 3.46. The van der Waals surface area contributed by atoms with Crippen LogP contribution in [0.3, 0.4) is 0 Å². The highest BCUT2D eigenvalue weighted by Gasteiger charge is 2.15. The van der Waals surface area contributed by atoms with Crippen molar-refractivity contribution in [2.75, 3.05) is 13.1 Å². The van der Waals surface area contributed by atoms with Gasteiger partial charge < -0.3 is 4.90 Å². The average molecular weight is 238 g/mol. The van der Waals surface area contributed by atoms with Crippen LogP contribution in [0.1, 0.15) is 12.5 Å². The number of benzene rings is 1. The lowest BCUT2D eigenvalue weighted by Gasteiger charge is -2.17. The number of nitrogens with zero attached hydrogens (tertiary/aromatic N) is 2. The van der Waals surface area contributed by atoms with Gasteiger partial charge in [0.1, 0.15) is 6.54 Å². The summed E-state index contributed by atoms with van der Waals surface area (Å²) in [5.74, 6) is -2.37. The third kappa shape index (κ3) is 3.25. The molecular weight excluding hydrogens is 226 g/mol. The first-order chi connectivity index (χ1) is 8.10. The zero-order valence-electron chi connectivity index (χ0n) is 9.41. The maximum atomic E-state index is 13.3. The Morgan fingerprint density at radius 2 is 2.18 bits per heavy atom. The van der Waals surface area contributed by atoms with E-state index in [1.807, 2.05) is 6.07 Å². The van der Waals surface area contributed by atoms with Crippen LogP contribution in [0.25, 0.3) is 0 Å². The number of hydrogen-bond acceptors (Lipinski definition) is 2. The topological polar surface area (TPSA) is 44.1 Å². The summed E-state index contributed by atoms with van der Waals surface area (Å²) >= 11 is 0. The lowest BCUT2D eigenvalue weighted by molar-refractivity contribution is -0.129. The van der Waals surface area contributed by atoms with Gasteiger partial charge in [0.2, 0.25) is 5.91 Å². The normalized spacial score (nSPS) is 9.76. The second-order valence-electron chi connectivity index (χ2n) is 3.46. The van der Waals surface area contributed by atoms with E-state index in [-0.39, 0.29) is 18.5 Å². The smallest absolute Gasteiger partial charge is 0.227 e. The third-order valence-electron chi connectivity index (χ3n) is 2.37. The molecule has 0 aliphatic heterocycles. The zero-order chi connectivity index (χ0) is 12.8. The van der Waals surface area contributed by atoms with Crippen molar-refractivity contribution in [3.05, 3.63) is 35.4 Å². The summed E-state index contributed by atoms with van der Waals surface area (Å²) in [6.07, 6.45) is -0.237. The Bertz CT molecular complexity index is 454. The first-order valence-corrected chi connectivity index (χ1v) is 5.17. The van der Waals surface area contributed by atoms with Gasteiger partial charge in [0.15, 0.2) is 11.6 Å². The maximum Gasteiger partial charge on any atom is 0.227 e. The van der Waals surface area contributed by atoms with Gasteiger partial charge in [-0.25, -0.2) is 8.78 Å². The zero-order valence-corrected chi connectivity index (χ0v) is 9.41. The fourth-order valence-electron chi connectivity index (χ4n) is 1.42. The van der Waals surface area contributed by atoms with Crippen molar-refractivity contribution in [3.63, 3.8) is 0 Å². The van der Waals surface area contributed by atoms with Gasteiger partial charge in [0.05, 0.1) is 12.5 Å². The molecule has 3 nitrogen and oxygen atoms in total. The Balaban J connectivity index is 2.81. The number of carbonyl (C=O) groups is 1. The molecule has 0 heterocycles.